The Kier molecular flexibility index (Phi) is 9.29. The maximum atomic E-state index is 6.70. The number of hydrogen-bond acceptors (Lipinski definition) is 6. The molecule has 3 aromatic heterocycles. The third kappa shape index (κ3) is 6.38. The van der Waals surface area contributed by atoms with Crippen LogP contribution in [0.15, 0.2) is 241 Å². The predicted octanol–water partition coefficient (Wildman–Crippen LogP) is 14.9. The Labute approximate surface area is 393 Å². The lowest BCUT2D eigenvalue weighted by atomic mass is 9.67. The monoisotopic (exact) mass is 869 g/mol. The molecule has 0 atom stereocenters. The van der Waals surface area contributed by atoms with Crippen LogP contribution in [0.3, 0.4) is 0 Å². The SMILES string of the molecule is c1ccc(-c2ccc(-c3nc(-c4cc5c(cc4-c4nc(-c6ccccc6)nc(-c6ccccc6)n4)-c4ccccc4C5(c4ccccc4)c4ccccc4)nc4c3oc3ccccc34)cc2)cc1. The second-order valence-corrected chi connectivity index (χ2v) is 17.1. The van der Waals surface area contributed by atoms with E-state index in [1.165, 1.54) is 5.56 Å². The van der Waals surface area contributed by atoms with E-state index in [1.807, 2.05) is 84.9 Å². The molecule has 0 fully saturated rings. The molecule has 0 bridgehead atoms. The van der Waals surface area contributed by atoms with E-state index in [-0.39, 0.29) is 0 Å². The number of hydrogen-bond donors (Lipinski definition) is 0. The van der Waals surface area contributed by atoms with Gasteiger partial charge in [0.25, 0.3) is 0 Å². The summed E-state index contributed by atoms with van der Waals surface area (Å²) in [6.45, 7) is 0. The van der Waals surface area contributed by atoms with E-state index in [9.17, 15) is 0 Å². The van der Waals surface area contributed by atoms with Crippen LogP contribution in [0.25, 0.3) is 101 Å². The summed E-state index contributed by atoms with van der Waals surface area (Å²) >= 11 is 0. The quantitative estimate of drug-likeness (QED) is 0.151. The maximum Gasteiger partial charge on any atom is 0.180 e. The van der Waals surface area contributed by atoms with Crippen LogP contribution in [0.2, 0.25) is 0 Å². The zero-order valence-corrected chi connectivity index (χ0v) is 36.7. The van der Waals surface area contributed by atoms with Gasteiger partial charge < -0.3 is 4.42 Å². The second kappa shape index (κ2) is 16.1. The highest BCUT2D eigenvalue weighted by Crippen LogP contribution is 2.58. The molecule has 1 aliphatic carbocycles. The first-order valence-electron chi connectivity index (χ1n) is 22.8. The maximum absolute atomic E-state index is 6.70. The van der Waals surface area contributed by atoms with E-state index in [1.54, 1.807) is 0 Å². The molecule has 9 aromatic carbocycles. The topological polar surface area (TPSA) is 77.6 Å². The Hall–Kier alpha value is -9.13. The fourth-order valence-electron chi connectivity index (χ4n) is 10.1. The van der Waals surface area contributed by atoms with Crippen molar-refractivity contribution < 1.29 is 4.42 Å². The first-order chi connectivity index (χ1) is 33.7. The molecular formula is C62H39N5O. The number of nitrogens with zero attached hydrogens (tertiary/aromatic N) is 5. The number of fused-ring (bicyclic) bond motifs is 6. The van der Waals surface area contributed by atoms with Crippen LogP contribution in [-0.2, 0) is 5.41 Å². The molecule has 3 heterocycles. The summed E-state index contributed by atoms with van der Waals surface area (Å²) < 4.78 is 6.70. The molecule has 0 saturated carbocycles. The van der Waals surface area contributed by atoms with Crippen molar-refractivity contribution in [2.75, 3.05) is 0 Å². The van der Waals surface area contributed by atoms with Crippen LogP contribution in [0, 0.1) is 0 Å². The van der Waals surface area contributed by atoms with Crippen molar-refractivity contribution in [2.24, 2.45) is 0 Å². The Bertz CT molecular complexity index is 3720. The molecule has 0 N–H and O–H groups in total. The highest BCUT2D eigenvalue weighted by Gasteiger charge is 2.47. The molecule has 13 rings (SSSR count). The third-order valence-electron chi connectivity index (χ3n) is 13.3. The van der Waals surface area contributed by atoms with Gasteiger partial charge in [0, 0.05) is 33.2 Å². The minimum absolute atomic E-state index is 0.513. The van der Waals surface area contributed by atoms with Gasteiger partial charge in [0.15, 0.2) is 28.9 Å². The number of aromatic nitrogens is 5. The van der Waals surface area contributed by atoms with E-state index in [0.717, 1.165) is 83.2 Å². The van der Waals surface area contributed by atoms with Crippen molar-refractivity contribution in [3.8, 4) is 79.1 Å². The fourth-order valence-corrected chi connectivity index (χ4v) is 10.1. The van der Waals surface area contributed by atoms with Crippen LogP contribution < -0.4 is 0 Å². The molecule has 0 aliphatic heterocycles. The Morgan fingerprint density at radius 2 is 0.779 bits per heavy atom. The summed E-state index contributed by atoms with van der Waals surface area (Å²) in [4.78, 5) is 26.9. The number of rotatable bonds is 8. The molecule has 0 amide bonds. The van der Waals surface area contributed by atoms with Crippen molar-refractivity contribution in [3.05, 3.63) is 259 Å². The standard InChI is InChI=1S/C62H39N5O/c1-6-20-40(21-7-1)41-34-36-42(37-35-41)55-57-56(48-31-17-19-33-54(48)68-57)64-60(63-55)51-39-53-49(47-30-16-18-32-52(47)62(53,45-26-12-4-13-27-45)46-28-14-5-15-29-46)38-50(51)61-66-58(43-22-8-2-9-23-43)65-59(67-61)44-24-10-3-11-25-44/h1-39H. The zero-order chi connectivity index (χ0) is 45.0. The van der Waals surface area contributed by atoms with Gasteiger partial charge in [0.2, 0.25) is 0 Å². The first kappa shape index (κ1) is 39.3. The smallest absolute Gasteiger partial charge is 0.180 e. The molecule has 1 aliphatic rings. The van der Waals surface area contributed by atoms with E-state index < -0.39 is 5.41 Å². The second-order valence-electron chi connectivity index (χ2n) is 17.1. The van der Waals surface area contributed by atoms with E-state index in [4.69, 9.17) is 29.3 Å². The molecule has 0 unspecified atom stereocenters. The Morgan fingerprint density at radius 1 is 0.309 bits per heavy atom. The van der Waals surface area contributed by atoms with Gasteiger partial charge in [-0.25, -0.2) is 24.9 Å². The highest BCUT2D eigenvalue weighted by atomic mass is 16.3. The van der Waals surface area contributed by atoms with Gasteiger partial charge in [-0.2, -0.15) is 0 Å². The molecule has 0 radical (unpaired) electrons. The first-order valence-corrected chi connectivity index (χ1v) is 22.8. The molecule has 68 heavy (non-hydrogen) atoms. The van der Waals surface area contributed by atoms with E-state index in [0.29, 0.717) is 34.6 Å². The zero-order valence-electron chi connectivity index (χ0n) is 36.7. The van der Waals surface area contributed by atoms with Crippen molar-refractivity contribution in [2.45, 2.75) is 5.41 Å². The lowest BCUT2D eigenvalue weighted by Crippen LogP contribution is -2.28. The predicted molar refractivity (Wildman–Crippen MR) is 273 cm³/mol. The highest BCUT2D eigenvalue weighted by molar-refractivity contribution is 6.07. The summed E-state index contributed by atoms with van der Waals surface area (Å²) in [5.74, 6) is 2.18. The fraction of sp³-hybridized carbons (Fsp3) is 0.0161. The summed E-state index contributed by atoms with van der Waals surface area (Å²) in [6, 6.07) is 82.3. The van der Waals surface area contributed by atoms with Crippen molar-refractivity contribution in [1.82, 2.24) is 24.9 Å². The van der Waals surface area contributed by atoms with Gasteiger partial charge in [0.1, 0.15) is 16.8 Å². The molecule has 318 valence electrons. The normalized spacial score (nSPS) is 12.5. The average molecular weight is 870 g/mol. The molecule has 0 saturated heterocycles. The minimum atomic E-state index is -0.687. The van der Waals surface area contributed by atoms with Gasteiger partial charge in [-0.15, -0.1) is 0 Å². The van der Waals surface area contributed by atoms with Crippen LogP contribution in [0.5, 0.6) is 0 Å². The Morgan fingerprint density at radius 3 is 1.41 bits per heavy atom. The largest absolute Gasteiger partial charge is 0.452 e. The van der Waals surface area contributed by atoms with Gasteiger partial charge in [0.05, 0.1) is 5.41 Å². The lowest BCUT2D eigenvalue weighted by Gasteiger charge is -2.34. The minimum Gasteiger partial charge on any atom is -0.452 e. The summed E-state index contributed by atoms with van der Waals surface area (Å²) in [6.07, 6.45) is 0. The number of para-hydroxylation sites is 1. The van der Waals surface area contributed by atoms with Gasteiger partial charge in [-0.1, -0.05) is 212 Å². The number of benzene rings is 9. The average Bonchev–Trinajstić information content (AvgIpc) is 3.95. The van der Waals surface area contributed by atoms with Crippen molar-refractivity contribution >= 4 is 22.1 Å². The van der Waals surface area contributed by atoms with E-state index >= 15 is 0 Å². The molecule has 0 spiro atoms. The van der Waals surface area contributed by atoms with Crippen LogP contribution in [-0.4, -0.2) is 24.9 Å². The summed E-state index contributed by atoms with van der Waals surface area (Å²) in [5, 5.41) is 0.907. The van der Waals surface area contributed by atoms with Crippen LogP contribution >= 0.6 is 0 Å². The third-order valence-corrected chi connectivity index (χ3v) is 13.3. The van der Waals surface area contributed by atoms with Crippen LogP contribution in [0.1, 0.15) is 22.3 Å². The lowest BCUT2D eigenvalue weighted by molar-refractivity contribution is 0.667. The number of furan rings is 1. The molecular weight excluding hydrogens is 831 g/mol. The van der Waals surface area contributed by atoms with Gasteiger partial charge >= 0.3 is 0 Å². The Balaban J connectivity index is 1.15. The van der Waals surface area contributed by atoms with Gasteiger partial charge in [-0.3, -0.25) is 0 Å². The van der Waals surface area contributed by atoms with E-state index in [2.05, 4.69) is 152 Å². The van der Waals surface area contributed by atoms with Gasteiger partial charge in [-0.05, 0) is 68.8 Å². The summed E-state index contributed by atoms with van der Waals surface area (Å²) in [5.41, 5.74) is 15.4. The van der Waals surface area contributed by atoms with Crippen molar-refractivity contribution in [3.63, 3.8) is 0 Å². The molecule has 6 heteroatoms. The molecule has 6 nitrogen and oxygen atoms in total. The summed E-state index contributed by atoms with van der Waals surface area (Å²) in [7, 11) is 0. The van der Waals surface area contributed by atoms with Crippen LogP contribution in [0.4, 0.5) is 0 Å². The van der Waals surface area contributed by atoms with Crippen molar-refractivity contribution in [1.29, 1.82) is 0 Å². The molecule has 12 aromatic rings.